The van der Waals surface area contributed by atoms with Gasteiger partial charge in [-0.15, -0.1) is 0 Å². The predicted molar refractivity (Wildman–Crippen MR) is 94.3 cm³/mol. The van der Waals surface area contributed by atoms with Crippen LogP contribution >= 0.6 is 11.6 Å². The van der Waals surface area contributed by atoms with Crippen LogP contribution < -0.4 is 15.4 Å². The first-order valence-corrected chi connectivity index (χ1v) is 8.04. The Labute approximate surface area is 141 Å². The van der Waals surface area contributed by atoms with Gasteiger partial charge in [0.25, 0.3) is 0 Å². The largest absolute Gasteiger partial charge is 0.497 e. The fraction of sp³-hybridized carbons (Fsp3) is 0.278. The Balaban J connectivity index is 1.69. The summed E-state index contributed by atoms with van der Waals surface area (Å²) < 4.78 is 5.18. The second kappa shape index (κ2) is 7.49. The summed E-state index contributed by atoms with van der Waals surface area (Å²) in [6.45, 7) is 2.39. The maximum atomic E-state index is 5.98. The highest BCUT2D eigenvalue weighted by Gasteiger charge is 2.20. The molecule has 1 unspecified atom stereocenters. The van der Waals surface area contributed by atoms with E-state index in [1.165, 1.54) is 5.56 Å². The van der Waals surface area contributed by atoms with Crippen molar-refractivity contribution in [3.63, 3.8) is 0 Å². The summed E-state index contributed by atoms with van der Waals surface area (Å²) in [7, 11) is 1.67. The lowest BCUT2D eigenvalue weighted by Crippen LogP contribution is -2.42. The molecule has 1 heterocycles. The Morgan fingerprint density at radius 3 is 2.61 bits per heavy atom. The number of aliphatic imine (C=N–C) groups is 1. The van der Waals surface area contributed by atoms with Gasteiger partial charge in [0, 0.05) is 18.1 Å². The van der Waals surface area contributed by atoms with Crippen LogP contribution in [-0.4, -0.2) is 26.0 Å². The fourth-order valence-corrected chi connectivity index (χ4v) is 2.72. The molecule has 0 radical (unpaired) electrons. The predicted octanol–water partition coefficient (Wildman–Crippen LogP) is 3.18. The fourth-order valence-electron chi connectivity index (χ4n) is 2.60. The lowest BCUT2D eigenvalue weighted by Gasteiger charge is -2.26. The Bertz CT molecular complexity index is 668. The lowest BCUT2D eigenvalue weighted by atomic mass is 10.0. The third-order valence-corrected chi connectivity index (χ3v) is 4.10. The van der Waals surface area contributed by atoms with E-state index in [0.29, 0.717) is 0 Å². The van der Waals surface area contributed by atoms with Crippen molar-refractivity contribution in [3.8, 4) is 5.75 Å². The number of halogens is 1. The van der Waals surface area contributed by atoms with Crippen molar-refractivity contribution >= 4 is 17.4 Å². The van der Waals surface area contributed by atoms with Gasteiger partial charge in [-0.1, -0.05) is 35.9 Å². The number of benzene rings is 2. The van der Waals surface area contributed by atoms with Crippen molar-refractivity contribution in [2.24, 2.45) is 4.99 Å². The average molecular weight is 330 g/mol. The smallest absolute Gasteiger partial charge is 0.118 e. The maximum Gasteiger partial charge on any atom is 0.118 e. The van der Waals surface area contributed by atoms with E-state index in [4.69, 9.17) is 16.3 Å². The second-order valence-corrected chi connectivity index (χ2v) is 5.84. The molecule has 2 aromatic carbocycles. The van der Waals surface area contributed by atoms with Crippen LogP contribution in [0.3, 0.4) is 0 Å². The maximum absolute atomic E-state index is 5.98. The molecule has 0 amide bonds. The molecule has 3 rings (SSSR count). The van der Waals surface area contributed by atoms with Crippen molar-refractivity contribution in [2.45, 2.75) is 12.6 Å². The Morgan fingerprint density at radius 1 is 1.17 bits per heavy atom. The molecule has 1 atom stereocenters. The minimum atomic E-state index is 0.0827. The van der Waals surface area contributed by atoms with Crippen molar-refractivity contribution in [2.75, 3.05) is 20.2 Å². The standard InChI is InChI=1S/C18H20ClN3O/c1-23-16-8-2-13(3-9-16)12-22-18-17(20-10-11-21-18)14-4-6-15(19)7-5-14/h2-9,17,20H,10-12H2,1H3,(H,21,22). The number of hydrogen-bond donors (Lipinski definition) is 2. The van der Waals surface area contributed by atoms with Crippen LogP contribution in [0.15, 0.2) is 53.5 Å². The van der Waals surface area contributed by atoms with E-state index in [0.717, 1.165) is 41.8 Å². The second-order valence-electron chi connectivity index (χ2n) is 5.41. The van der Waals surface area contributed by atoms with Gasteiger partial charge in [0.2, 0.25) is 0 Å². The van der Waals surface area contributed by atoms with E-state index in [1.807, 2.05) is 36.4 Å². The summed E-state index contributed by atoms with van der Waals surface area (Å²) in [5, 5.41) is 7.70. The molecule has 0 saturated carbocycles. The van der Waals surface area contributed by atoms with Crippen LogP contribution in [0.2, 0.25) is 5.02 Å². The quantitative estimate of drug-likeness (QED) is 0.905. The van der Waals surface area contributed by atoms with Gasteiger partial charge >= 0.3 is 0 Å². The normalized spacial score (nSPS) is 17.5. The summed E-state index contributed by atoms with van der Waals surface area (Å²) >= 11 is 5.98. The molecule has 0 spiro atoms. The highest BCUT2D eigenvalue weighted by Crippen LogP contribution is 2.19. The topological polar surface area (TPSA) is 45.6 Å². The summed E-state index contributed by atoms with van der Waals surface area (Å²) in [6, 6.07) is 16.0. The summed E-state index contributed by atoms with van der Waals surface area (Å²) in [5.41, 5.74) is 2.35. The number of rotatable bonds is 4. The Kier molecular flexibility index (Phi) is 5.16. The molecule has 0 aromatic heterocycles. The van der Waals surface area contributed by atoms with Gasteiger partial charge in [0.05, 0.1) is 19.7 Å². The van der Waals surface area contributed by atoms with Crippen LogP contribution in [0.25, 0.3) is 0 Å². The molecule has 23 heavy (non-hydrogen) atoms. The van der Waals surface area contributed by atoms with E-state index in [-0.39, 0.29) is 6.04 Å². The number of nitrogens with zero attached hydrogens (tertiary/aromatic N) is 1. The molecule has 4 nitrogen and oxygen atoms in total. The van der Waals surface area contributed by atoms with Crippen molar-refractivity contribution in [3.05, 3.63) is 64.7 Å². The van der Waals surface area contributed by atoms with E-state index >= 15 is 0 Å². The van der Waals surface area contributed by atoms with Crippen LogP contribution in [0.5, 0.6) is 5.75 Å². The lowest BCUT2D eigenvalue weighted by molar-refractivity contribution is 0.414. The summed E-state index contributed by atoms with van der Waals surface area (Å²) in [4.78, 5) is 4.64. The van der Waals surface area contributed by atoms with Gasteiger partial charge in [0.1, 0.15) is 11.6 Å². The number of methoxy groups -OCH3 is 1. The third-order valence-electron chi connectivity index (χ3n) is 3.85. The number of nitrogens with one attached hydrogen (secondary N) is 2. The third kappa shape index (κ3) is 4.03. The molecule has 2 aromatic rings. The molecule has 0 bridgehead atoms. The van der Waals surface area contributed by atoms with Crippen LogP contribution in [0.1, 0.15) is 17.2 Å². The minimum absolute atomic E-state index is 0.0827. The SMILES string of the molecule is COc1ccc(CNC2=NCCNC2c2ccc(Cl)cc2)cc1. The van der Waals surface area contributed by atoms with E-state index in [2.05, 4.69) is 27.8 Å². The number of hydrogen-bond acceptors (Lipinski definition) is 4. The summed E-state index contributed by atoms with van der Waals surface area (Å²) in [6.07, 6.45) is 0. The minimum Gasteiger partial charge on any atom is -0.497 e. The van der Waals surface area contributed by atoms with Gasteiger partial charge in [-0.25, -0.2) is 0 Å². The molecule has 1 aliphatic rings. The zero-order valence-electron chi connectivity index (χ0n) is 13.1. The molecular weight excluding hydrogens is 310 g/mol. The first kappa shape index (κ1) is 15.8. The molecule has 0 saturated heterocycles. The molecule has 120 valence electrons. The average Bonchev–Trinajstić information content (AvgIpc) is 2.61. The Morgan fingerprint density at radius 2 is 1.91 bits per heavy atom. The van der Waals surface area contributed by atoms with E-state index in [1.54, 1.807) is 7.11 Å². The first-order chi connectivity index (χ1) is 11.3. The van der Waals surface area contributed by atoms with Gasteiger partial charge in [0.15, 0.2) is 0 Å². The van der Waals surface area contributed by atoms with Gasteiger partial charge in [-0.2, -0.15) is 0 Å². The van der Waals surface area contributed by atoms with Crippen LogP contribution in [-0.2, 0) is 6.54 Å². The molecule has 0 aliphatic carbocycles. The van der Waals surface area contributed by atoms with Gasteiger partial charge in [-0.05, 0) is 35.4 Å². The van der Waals surface area contributed by atoms with Crippen molar-refractivity contribution in [1.29, 1.82) is 0 Å². The zero-order chi connectivity index (χ0) is 16.1. The molecular formula is C18H20ClN3O. The first-order valence-electron chi connectivity index (χ1n) is 7.66. The van der Waals surface area contributed by atoms with Gasteiger partial charge < -0.3 is 15.4 Å². The zero-order valence-corrected chi connectivity index (χ0v) is 13.8. The molecule has 1 aliphatic heterocycles. The molecule has 0 fully saturated rings. The monoisotopic (exact) mass is 329 g/mol. The molecule has 2 N–H and O–H groups in total. The number of amidine groups is 1. The van der Waals surface area contributed by atoms with Gasteiger partial charge in [-0.3, -0.25) is 4.99 Å². The number of ether oxygens (including phenoxy) is 1. The highest BCUT2D eigenvalue weighted by molar-refractivity contribution is 6.30. The van der Waals surface area contributed by atoms with Crippen LogP contribution in [0.4, 0.5) is 0 Å². The highest BCUT2D eigenvalue weighted by atomic mass is 35.5. The van der Waals surface area contributed by atoms with Crippen molar-refractivity contribution in [1.82, 2.24) is 10.6 Å². The molecule has 5 heteroatoms. The van der Waals surface area contributed by atoms with Crippen LogP contribution in [0, 0.1) is 0 Å². The van der Waals surface area contributed by atoms with E-state index < -0.39 is 0 Å². The van der Waals surface area contributed by atoms with Crippen molar-refractivity contribution < 1.29 is 4.74 Å². The van der Waals surface area contributed by atoms with E-state index in [9.17, 15) is 0 Å². The Hall–Kier alpha value is -2.04. The summed E-state index contributed by atoms with van der Waals surface area (Å²) in [5.74, 6) is 1.83.